The van der Waals surface area contributed by atoms with Gasteiger partial charge < -0.3 is 10.2 Å². The standard InChI is InChI=1S/C13H24N2O2/c1-4-5-9-14-12(16)13(17)15-10(2)7-6-8-11(15)3/h10-11H,4-9H2,1-3H3,(H,14,16). The van der Waals surface area contributed by atoms with Crippen molar-refractivity contribution in [3.05, 3.63) is 0 Å². The summed E-state index contributed by atoms with van der Waals surface area (Å²) in [5.74, 6) is -0.806. The van der Waals surface area contributed by atoms with E-state index in [-0.39, 0.29) is 18.0 Å². The Kier molecular flexibility index (Phi) is 5.45. The fourth-order valence-electron chi connectivity index (χ4n) is 2.39. The van der Waals surface area contributed by atoms with Gasteiger partial charge in [0.15, 0.2) is 0 Å². The van der Waals surface area contributed by atoms with Crippen LogP contribution in [-0.2, 0) is 9.59 Å². The zero-order chi connectivity index (χ0) is 12.8. The first kappa shape index (κ1) is 14.0. The lowest BCUT2D eigenvalue weighted by Gasteiger charge is -2.38. The molecule has 1 heterocycles. The number of nitrogens with one attached hydrogen (secondary N) is 1. The largest absolute Gasteiger partial charge is 0.348 e. The molecule has 0 saturated carbocycles. The predicted molar refractivity (Wildman–Crippen MR) is 67.5 cm³/mol. The number of carbonyl (C=O) groups excluding carboxylic acids is 2. The van der Waals surface area contributed by atoms with Crippen LogP contribution in [0.2, 0.25) is 0 Å². The van der Waals surface area contributed by atoms with E-state index in [1.165, 1.54) is 0 Å². The van der Waals surface area contributed by atoms with E-state index in [2.05, 4.69) is 12.2 Å². The Morgan fingerprint density at radius 2 is 1.82 bits per heavy atom. The van der Waals surface area contributed by atoms with Gasteiger partial charge in [-0.2, -0.15) is 0 Å². The first-order chi connectivity index (χ1) is 8.07. The van der Waals surface area contributed by atoms with Crippen molar-refractivity contribution in [3.8, 4) is 0 Å². The van der Waals surface area contributed by atoms with Crippen molar-refractivity contribution in [2.45, 2.75) is 65.0 Å². The molecule has 0 aromatic carbocycles. The Bertz CT molecular complexity index is 269. The third-order valence-electron chi connectivity index (χ3n) is 3.44. The number of unbranched alkanes of at least 4 members (excludes halogenated alkanes) is 1. The molecule has 1 fully saturated rings. The van der Waals surface area contributed by atoms with E-state index >= 15 is 0 Å². The van der Waals surface area contributed by atoms with Crippen LogP contribution in [0.1, 0.15) is 52.9 Å². The van der Waals surface area contributed by atoms with Gasteiger partial charge in [-0.1, -0.05) is 13.3 Å². The van der Waals surface area contributed by atoms with Crippen LogP contribution < -0.4 is 5.32 Å². The van der Waals surface area contributed by atoms with Gasteiger partial charge in [-0.05, 0) is 39.5 Å². The second-order valence-electron chi connectivity index (χ2n) is 4.95. The van der Waals surface area contributed by atoms with Crippen LogP contribution in [0.15, 0.2) is 0 Å². The summed E-state index contributed by atoms with van der Waals surface area (Å²) in [6.07, 6.45) is 5.08. The van der Waals surface area contributed by atoms with Crippen LogP contribution in [0.25, 0.3) is 0 Å². The summed E-state index contributed by atoms with van der Waals surface area (Å²) in [5.41, 5.74) is 0. The van der Waals surface area contributed by atoms with Crippen molar-refractivity contribution in [2.75, 3.05) is 6.54 Å². The normalized spacial score (nSPS) is 24.5. The highest BCUT2D eigenvalue weighted by Gasteiger charge is 2.32. The van der Waals surface area contributed by atoms with Gasteiger partial charge in [0.05, 0.1) is 0 Å². The minimum absolute atomic E-state index is 0.183. The number of hydrogen-bond acceptors (Lipinski definition) is 2. The molecule has 1 aliphatic rings. The van der Waals surface area contributed by atoms with Crippen LogP contribution in [0.4, 0.5) is 0 Å². The van der Waals surface area contributed by atoms with Gasteiger partial charge in [-0.25, -0.2) is 0 Å². The van der Waals surface area contributed by atoms with Gasteiger partial charge in [-0.3, -0.25) is 9.59 Å². The van der Waals surface area contributed by atoms with Crippen molar-refractivity contribution >= 4 is 11.8 Å². The number of likely N-dealkylation sites (tertiary alicyclic amines) is 1. The Morgan fingerprint density at radius 3 is 2.35 bits per heavy atom. The van der Waals surface area contributed by atoms with E-state index in [9.17, 15) is 9.59 Å². The molecule has 2 atom stereocenters. The van der Waals surface area contributed by atoms with E-state index in [4.69, 9.17) is 0 Å². The molecule has 0 aliphatic carbocycles. The SMILES string of the molecule is CCCCNC(=O)C(=O)N1C(C)CCCC1C. The molecule has 4 heteroatoms. The number of rotatable bonds is 3. The molecule has 0 spiro atoms. The summed E-state index contributed by atoms with van der Waals surface area (Å²) in [6, 6.07) is 0.367. The van der Waals surface area contributed by atoms with Crippen LogP contribution in [-0.4, -0.2) is 35.3 Å². The smallest absolute Gasteiger partial charge is 0.312 e. The Labute approximate surface area is 104 Å². The summed E-state index contributed by atoms with van der Waals surface area (Å²) in [7, 11) is 0. The predicted octanol–water partition coefficient (Wildman–Crippen LogP) is 1.69. The first-order valence-corrected chi connectivity index (χ1v) is 6.68. The minimum Gasteiger partial charge on any atom is -0.348 e. The van der Waals surface area contributed by atoms with Gasteiger partial charge in [0.2, 0.25) is 0 Å². The van der Waals surface area contributed by atoms with Crippen molar-refractivity contribution in [1.82, 2.24) is 10.2 Å². The van der Waals surface area contributed by atoms with E-state index in [1.807, 2.05) is 13.8 Å². The lowest BCUT2D eigenvalue weighted by molar-refractivity contribution is -0.150. The molecule has 1 N–H and O–H groups in total. The van der Waals surface area contributed by atoms with Crippen molar-refractivity contribution < 1.29 is 9.59 Å². The highest BCUT2D eigenvalue weighted by atomic mass is 16.2. The van der Waals surface area contributed by atoms with E-state index in [0.717, 1.165) is 32.1 Å². The maximum Gasteiger partial charge on any atom is 0.312 e. The average molecular weight is 240 g/mol. The summed E-state index contributed by atoms with van der Waals surface area (Å²) >= 11 is 0. The molecule has 0 radical (unpaired) electrons. The molecule has 0 bridgehead atoms. The van der Waals surface area contributed by atoms with Gasteiger partial charge in [0, 0.05) is 18.6 Å². The van der Waals surface area contributed by atoms with Crippen molar-refractivity contribution in [2.24, 2.45) is 0 Å². The zero-order valence-corrected chi connectivity index (χ0v) is 11.2. The molecule has 1 saturated heterocycles. The molecule has 1 aliphatic heterocycles. The fraction of sp³-hybridized carbons (Fsp3) is 0.846. The maximum absolute atomic E-state index is 12.0. The Morgan fingerprint density at radius 1 is 1.24 bits per heavy atom. The summed E-state index contributed by atoms with van der Waals surface area (Å²) in [5, 5.41) is 2.69. The van der Waals surface area contributed by atoms with Gasteiger partial charge >= 0.3 is 11.8 Å². The quantitative estimate of drug-likeness (QED) is 0.603. The summed E-state index contributed by atoms with van der Waals surface area (Å²) < 4.78 is 0. The van der Waals surface area contributed by atoms with E-state index < -0.39 is 5.91 Å². The second kappa shape index (κ2) is 6.62. The zero-order valence-electron chi connectivity index (χ0n) is 11.2. The monoisotopic (exact) mass is 240 g/mol. The molecular weight excluding hydrogens is 216 g/mol. The molecule has 1 rings (SSSR count). The Hall–Kier alpha value is -1.06. The second-order valence-corrected chi connectivity index (χ2v) is 4.95. The Balaban J connectivity index is 2.51. The van der Waals surface area contributed by atoms with E-state index in [1.54, 1.807) is 4.90 Å². The molecule has 17 heavy (non-hydrogen) atoms. The lowest BCUT2D eigenvalue weighted by atomic mass is 9.97. The molecule has 0 aromatic rings. The van der Waals surface area contributed by atoms with Crippen LogP contribution >= 0.6 is 0 Å². The van der Waals surface area contributed by atoms with Crippen LogP contribution in [0.3, 0.4) is 0 Å². The number of amides is 2. The van der Waals surface area contributed by atoms with Gasteiger partial charge in [0.25, 0.3) is 0 Å². The first-order valence-electron chi connectivity index (χ1n) is 6.68. The molecule has 2 unspecified atom stereocenters. The highest BCUT2D eigenvalue weighted by molar-refractivity contribution is 6.35. The summed E-state index contributed by atoms with van der Waals surface area (Å²) in [4.78, 5) is 25.5. The third kappa shape index (κ3) is 3.72. The third-order valence-corrected chi connectivity index (χ3v) is 3.44. The number of piperidine rings is 1. The van der Waals surface area contributed by atoms with Crippen LogP contribution in [0.5, 0.6) is 0 Å². The number of nitrogens with zero attached hydrogens (tertiary/aromatic N) is 1. The maximum atomic E-state index is 12.0. The molecule has 4 nitrogen and oxygen atoms in total. The fourth-order valence-corrected chi connectivity index (χ4v) is 2.39. The van der Waals surface area contributed by atoms with Gasteiger partial charge in [0.1, 0.15) is 0 Å². The minimum atomic E-state index is -0.445. The molecule has 0 aromatic heterocycles. The molecule has 98 valence electrons. The van der Waals surface area contributed by atoms with E-state index in [0.29, 0.717) is 6.54 Å². The number of carbonyl (C=O) groups is 2. The average Bonchev–Trinajstić information content (AvgIpc) is 2.28. The molecular formula is C13H24N2O2. The topological polar surface area (TPSA) is 49.4 Å². The lowest BCUT2D eigenvalue weighted by Crippen LogP contribution is -2.52. The van der Waals surface area contributed by atoms with Crippen LogP contribution in [0, 0.1) is 0 Å². The van der Waals surface area contributed by atoms with Crippen molar-refractivity contribution in [1.29, 1.82) is 0 Å². The molecule has 2 amide bonds. The summed E-state index contributed by atoms with van der Waals surface area (Å²) in [6.45, 7) is 6.69. The van der Waals surface area contributed by atoms with Gasteiger partial charge in [-0.15, -0.1) is 0 Å². The van der Waals surface area contributed by atoms with Crippen molar-refractivity contribution in [3.63, 3.8) is 0 Å². The number of hydrogen-bond donors (Lipinski definition) is 1. The highest BCUT2D eigenvalue weighted by Crippen LogP contribution is 2.22.